The zero-order chi connectivity index (χ0) is 19.8. The smallest absolute Gasteiger partial charge is 0.228 e. The van der Waals surface area contributed by atoms with Crippen molar-refractivity contribution in [3.05, 3.63) is 64.7 Å². The highest BCUT2D eigenvalue weighted by Crippen LogP contribution is 2.35. The molecule has 0 saturated carbocycles. The van der Waals surface area contributed by atoms with Gasteiger partial charge >= 0.3 is 0 Å². The van der Waals surface area contributed by atoms with E-state index < -0.39 is 47.4 Å². The fourth-order valence-electron chi connectivity index (χ4n) is 3.06. The molecule has 1 aliphatic rings. The Morgan fingerprint density at radius 2 is 1.78 bits per heavy atom. The summed E-state index contributed by atoms with van der Waals surface area (Å²) in [5.74, 6) is -2.43. The Hall–Kier alpha value is -1.55. The fourth-order valence-corrected chi connectivity index (χ4v) is 6.86. The Morgan fingerprint density at radius 3 is 2.48 bits per heavy atom. The molecule has 0 bridgehead atoms. The number of rotatable bonds is 3. The lowest BCUT2D eigenvalue weighted by Crippen LogP contribution is -2.34. The van der Waals surface area contributed by atoms with Gasteiger partial charge in [-0.1, -0.05) is 29.8 Å². The monoisotopic (exact) mass is 435 g/mol. The second-order valence-electron chi connectivity index (χ2n) is 6.14. The number of benzene rings is 2. The number of sulfonamides is 1. The van der Waals surface area contributed by atoms with Gasteiger partial charge < -0.3 is 0 Å². The number of nitrogens with zero attached hydrogens (tertiary/aromatic N) is 1. The van der Waals surface area contributed by atoms with E-state index in [4.69, 9.17) is 11.6 Å². The van der Waals surface area contributed by atoms with Crippen molar-refractivity contribution in [3.8, 4) is 0 Å². The lowest BCUT2D eigenvalue weighted by molar-refractivity contribution is 0.423. The minimum Gasteiger partial charge on any atom is -0.228 e. The van der Waals surface area contributed by atoms with Crippen molar-refractivity contribution in [1.82, 2.24) is 4.31 Å². The predicted molar refractivity (Wildman–Crippen MR) is 97.7 cm³/mol. The van der Waals surface area contributed by atoms with Gasteiger partial charge in [0, 0.05) is 18.1 Å². The van der Waals surface area contributed by atoms with E-state index in [1.807, 2.05) is 0 Å². The van der Waals surface area contributed by atoms with Crippen LogP contribution < -0.4 is 0 Å². The van der Waals surface area contributed by atoms with Gasteiger partial charge in [-0.05, 0) is 36.2 Å². The summed E-state index contributed by atoms with van der Waals surface area (Å²) in [5, 5.41) is -0.692. The minimum absolute atomic E-state index is 0.0395. The maximum Gasteiger partial charge on any atom is 0.246 e. The molecule has 3 rings (SSSR count). The van der Waals surface area contributed by atoms with Crippen molar-refractivity contribution in [2.24, 2.45) is 0 Å². The third-order valence-corrected chi connectivity index (χ3v) is 8.83. The van der Waals surface area contributed by atoms with Crippen LogP contribution in [0.25, 0.3) is 0 Å². The van der Waals surface area contributed by atoms with Gasteiger partial charge in [-0.25, -0.2) is 25.6 Å². The molecule has 10 heteroatoms. The summed E-state index contributed by atoms with van der Waals surface area (Å²) in [4.78, 5) is -0.809. The van der Waals surface area contributed by atoms with E-state index in [1.165, 1.54) is 0 Å². The molecule has 0 aromatic heterocycles. The van der Waals surface area contributed by atoms with Gasteiger partial charge in [0.25, 0.3) is 0 Å². The van der Waals surface area contributed by atoms with E-state index in [1.54, 1.807) is 24.3 Å². The molecule has 1 atom stereocenters. The van der Waals surface area contributed by atoms with Crippen molar-refractivity contribution in [1.29, 1.82) is 0 Å². The first kappa shape index (κ1) is 20.2. The van der Waals surface area contributed by atoms with E-state index in [0.29, 0.717) is 11.6 Å². The molecule has 0 aliphatic carbocycles. The van der Waals surface area contributed by atoms with Crippen LogP contribution in [-0.2, 0) is 19.9 Å². The molecule has 1 heterocycles. The highest BCUT2D eigenvalue weighted by Gasteiger charge is 2.37. The summed E-state index contributed by atoms with van der Waals surface area (Å²) in [7, 11) is -8.07. The van der Waals surface area contributed by atoms with Crippen LogP contribution in [0.4, 0.5) is 8.78 Å². The lowest BCUT2D eigenvalue weighted by Gasteiger charge is -2.20. The first-order chi connectivity index (χ1) is 12.6. The van der Waals surface area contributed by atoms with Crippen molar-refractivity contribution < 1.29 is 25.6 Å². The maximum atomic E-state index is 14.0. The number of halogens is 3. The number of hydrogen-bond acceptors (Lipinski definition) is 4. The molecule has 0 N–H and O–H groups in total. The molecular weight excluding hydrogens is 420 g/mol. The molecule has 0 amide bonds. The average Bonchev–Trinajstić information content (AvgIpc) is 2.76. The average molecular weight is 436 g/mol. The summed E-state index contributed by atoms with van der Waals surface area (Å²) < 4.78 is 79.1. The molecule has 2 aromatic rings. The van der Waals surface area contributed by atoms with Crippen LogP contribution in [0.5, 0.6) is 0 Å². The standard InChI is InChI=1S/C17H16ClF2NO4S2/c18-14-4-2-1-3-13(14)16-7-8-21(9-10-26(16,22)23)27(24,25)17-11-12(19)5-6-15(17)20/h1-6,11,16H,7-10H2. The highest BCUT2D eigenvalue weighted by molar-refractivity contribution is 7.92. The summed E-state index contributed by atoms with van der Waals surface area (Å²) in [6.45, 7) is -0.505. The Labute approximate surface area is 161 Å². The van der Waals surface area contributed by atoms with Gasteiger partial charge in [-0.2, -0.15) is 4.31 Å². The highest BCUT2D eigenvalue weighted by atomic mass is 35.5. The molecule has 2 aromatic carbocycles. The van der Waals surface area contributed by atoms with Crippen LogP contribution in [0.15, 0.2) is 47.4 Å². The SMILES string of the molecule is O=S1(=O)CCN(S(=O)(=O)c2cc(F)ccc2F)CCC1c1ccccc1Cl. The minimum atomic E-state index is -4.38. The van der Waals surface area contributed by atoms with E-state index in [-0.39, 0.29) is 24.5 Å². The fraction of sp³-hybridized carbons (Fsp3) is 0.294. The van der Waals surface area contributed by atoms with E-state index in [2.05, 4.69) is 0 Å². The Bertz CT molecular complexity index is 1070. The van der Waals surface area contributed by atoms with E-state index in [0.717, 1.165) is 16.4 Å². The Balaban J connectivity index is 1.96. The maximum absolute atomic E-state index is 14.0. The molecule has 1 fully saturated rings. The normalized spacial score (nSPS) is 20.9. The van der Waals surface area contributed by atoms with Crippen LogP contribution in [0, 0.1) is 11.6 Å². The van der Waals surface area contributed by atoms with Gasteiger partial charge in [-0.3, -0.25) is 0 Å². The summed E-state index contributed by atoms with van der Waals surface area (Å²) in [6.07, 6.45) is -0.0395. The van der Waals surface area contributed by atoms with Gasteiger partial charge in [0.1, 0.15) is 16.5 Å². The lowest BCUT2D eigenvalue weighted by atomic mass is 10.1. The summed E-state index contributed by atoms with van der Waals surface area (Å²) in [6, 6.07) is 8.60. The summed E-state index contributed by atoms with van der Waals surface area (Å²) in [5.41, 5.74) is 0.398. The van der Waals surface area contributed by atoms with E-state index in [9.17, 15) is 25.6 Å². The molecule has 0 radical (unpaired) electrons. The second-order valence-corrected chi connectivity index (χ2v) is 10.8. The molecule has 1 aliphatic heterocycles. The largest absolute Gasteiger partial charge is 0.246 e. The van der Waals surface area contributed by atoms with Gasteiger partial charge in [0.05, 0.1) is 11.0 Å². The Morgan fingerprint density at radius 1 is 1.07 bits per heavy atom. The molecule has 5 nitrogen and oxygen atoms in total. The van der Waals surface area contributed by atoms with Crippen molar-refractivity contribution >= 4 is 31.5 Å². The first-order valence-corrected chi connectivity index (χ1v) is 11.6. The van der Waals surface area contributed by atoms with Gasteiger partial charge in [0.15, 0.2) is 9.84 Å². The Kier molecular flexibility index (Phi) is 5.58. The topological polar surface area (TPSA) is 71.5 Å². The molecule has 146 valence electrons. The van der Waals surface area contributed by atoms with Crippen LogP contribution >= 0.6 is 11.6 Å². The molecule has 27 heavy (non-hydrogen) atoms. The molecule has 0 spiro atoms. The molecule has 1 unspecified atom stereocenters. The van der Waals surface area contributed by atoms with Gasteiger partial charge in [0.2, 0.25) is 10.0 Å². The number of hydrogen-bond donors (Lipinski definition) is 0. The van der Waals surface area contributed by atoms with Crippen molar-refractivity contribution in [3.63, 3.8) is 0 Å². The third-order valence-electron chi connectivity index (χ3n) is 4.46. The van der Waals surface area contributed by atoms with Crippen LogP contribution in [0.2, 0.25) is 5.02 Å². The quantitative estimate of drug-likeness (QED) is 0.742. The van der Waals surface area contributed by atoms with Crippen LogP contribution in [0.1, 0.15) is 17.2 Å². The first-order valence-electron chi connectivity index (χ1n) is 8.04. The summed E-state index contributed by atoms with van der Waals surface area (Å²) >= 11 is 6.11. The zero-order valence-corrected chi connectivity index (χ0v) is 16.4. The molecule has 1 saturated heterocycles. The molecular formula is C17H16ClF2NO4S2. The van der Waals surface area contributed by atoms with Crippen molar-refractivity contribution in [2.75, 3.05) is 18.8 Å². The van der Waals surface area contributed by atoms with Crippen molar-refractivity contribution in [2.45, 2.75) is 16.6 Å². The zero-order valence-electron chi connectivity index (χ0n) is 14.0. The van der Waals surface area contributed by atoms with Crippen LogP contribution in [0.3, 0.4) is 0 Å². The van der Waals surface area contributed by atoms with Gasteiger partial charge in [-0.15, -0.1) is 0 Å². The predicted octanol–water partition coefficient (Wildman–Crippen LogP) is 3.17. The van der Waals surface area contributed by atoms with Crippen LogP contribution in [-0.4, -0.2) is 40.0 Å². The third kappa shape index (κ3) is 4.01. The van der Waals surface area contributed by atoms with E-state index >= 15 is 0 Å². The second kappa shape index (κ2) is 7.46. The number of sulfone groups is 1.